The molecule has 5 nitrogen and oxygen atoms in total. The van der Waals surface area contributed by atoms with E-state index in [2.05, 4.69) is 5.32 Å². The van der Waals surface area contributed by atoms with Crippen molar-refractivity contribution in [3.05, 3.63) is 0 Å². The van der Waals surface area contributed by atoms with Crippen LogP contribution in [0.15, 0.2) is 0 Å². The van der Waals surface area contributed by atoms with Crippen molar-refractivity contribution in [2.75, 3.05) is 0 Å². The Morgan fingerprint density at radius 1 is 1.22 bits per heavy atom. The number of amides is 1. The van der Waals surface area contributed by atoms with Gasteiger partial charge in [-0.2, -0.15) is 0 Å². The summed E-state index contributed by atoms with van der Waals surface area (Å²) < 4.78 is 5.05. The zero-order chi connectivity index (χ0) is 14.3. The highest BCUT2D eigenvalue weighted by Gasteiger charge is 2.25. The van der Waals surface area contributed by atoms with Crippen molar-refractivity contribution in [1.82, 2.24) is 5.32 Å². The number of ether oxygens (including phenoxy) is 1. The van der Waals surface area contributed by atoms with E-state index in [9.17, 15) is 9.59 Å². The first kappa shape index (κ1) is 16.7. The van der Waals surface area contributed by atoms with Crippen molar-refractivity contribution in [1.29, 1.82) is 0 Å². The third-order valence-electron chi connectivity index (χ3n) is 2.71. The SMILES string of the molecule is CCC(CC)C[C@H](NC(=O)OC(C)(C)C)C(=O)O. The predicted molar refractivity (Wildman–Crippen MR) is 69.5 cm³/mol. The van der Waals surface area contributed by atoms with Crippen LogP contribution in [0.5, 0.6) is 0 Å². The predicted octanol–water partition coefficient (Wildman–Crippen LogP) is 2.79. The second-order valence-electron chi connectivity index (χ2n) is 5.46. The van der Waals surface area contributed by atoms with Gasteiger partial charge in [0.1, 0.15) is 11.6 Å². The summed E-state index contributed by atoms with van der Waals surface area (Å²) in [5.41, 5.74) is -0.623. The molecule has 106 valence electrons. The monoisotopic (exact) mass is 259 g/mol. The highest BCUT2D eigenvalue weighted by molar-refractivity contribution is 5.79. The van der Waals surface area contributed by atoms with E-state index >= 15 is 0 Å². The molecule has 18 heavy (non-hydrogen) atoms. The zero-order valence-electron chi connectivity index (χ0n) is 11.9. The number of rotatable bonds is 6. The Bertz CT molecular complexity index is 279. The van der Waals surface area contributed by atoms with Crippen LogP contribution >= 0.6 is 0 Å². The van der Waals surface area contributed by atoms with Crippen molar-refractivity contribution >= 4 is 12.1 Å². The molecule has 0 aliphatic carbocycles. The summed E-state index contributed by atoms with van der Waals surface area (Å²) >= 11 is 0. The molecular weight excluding hydrogens is 234 g/mol. The van der Waals surface area contributed by atoms with Gasteiger partial charge < -0.3 is 15.2 Å². The fraction of sp³-hybridized carbons (Fsp3) is 0.846. The molecule has 2 N–H and O–H groups in total. The summed E-state index contributed by atoms with van der Waals surface area (Å²) in [5.74, 6) is -0.728. The van der Waals surface area contributed by atoms with E-state index in [0.717, 1.165) is 12.8 Å². The molecule has 0 saturated carbocycles. The fourth-order valence-electron chi connectivity index (χ4n) is 1.63. The van der Waals surface area contributed by atoms with Crippen molar-refractivity contribution in [2.45, 2.75) is 65.5 Å². The highest BCUT2D eigenvalue weighted by atomic mass is 16.6. The lowest BCUT2D eigenvalue weighted by Crippen LogP contribution is -2.44. The smallest absolute Gasteiger partial charge is 0.408 e. The lowest BCUT2D eigenvalue weighted by Gasteiger charge is -2.23. The quantitative estimate of drug-likeness (QED) is 0.769. The summed E-state index contributed by atoms with van der Waals surface area (Å²) in [5, 5.41) is 11.5. The van der Waals surface area contributed by atoms with Gasteiger partial charge in [0.25, 0.3) is 0 Å². The first-order chi connectivity index (χ1) is 8.19. The maximum atomic E-state index is 11.5. The van der Waals surface area contributed by atoms with Gasteiger partial charge >= 0.3 is 12.1 Å². The largest absolute Gasteiger partial charge is 0.480 e. The number of carbonyl (C=O) groups excluding carboxylic acids is 1. The molecule has 0 heterocycles. The van der Waals surface area contributed by atoms with Crippen LogP contribution < -0.4 is 5.32 Å². The summed E-state index contributed by atoms with van der Waals surface area (Å²) in [6, 6.07) is -0.884. The van der Waals surface area contributed by atoms with E-state index in [1.807, 2.05) is 13.8 Å². The Balaban J connectivity index is 4.45. The van der Waals surface area contributed by atoms with Gasteiger partial charge in [-0.3, -0.25) is 0 Å². The number of nitrogens with one attached hydrogen (secondary N) is 1. The number of hydrogen-bond acceptors (Lipinski definition) is 3. The number of carboxylic acid groups (broad SMARTS) is 1. The minimum Gasteiger partial charge on any atom is -0.480 e. The maximum Gasteiger partial charge on any atom is 0.408 e. The summed E-state index contributed by atoms with van der Waals surface area (Å²) in [6.07, 6.45) is 1.55. The Kier molecular flexibility index (Phi) is 6.73. The van der Waals surface area contributed by atoms with E-state index in [0.29, 0.717) is 12.3 Å². The van der Waals surface area contributed by atoms with Gasteiger partial charge in [0.2, 0.25) is 0 Å². The second-order valence-corrected chi connectivity index (χ2v) is 5.46. The molecule has 0 bridgehead atoms. The molecule has 0 spiro atoms. The van der Waals surface area contributed by atoms with Gasteiger partial charge in [0.15, 0.2) is 0 Å². The molecule has 0 aliphatic heterocycles. The minimum atomic E-state index is -1.02. The maximum absolute atomic E-state index is 11.5. The number of carbonyl (C=O) groups is 2. The molecule has 0 aromatic rings. The van der Waals surface area contributed by atoms with Crippen LogP contribution in [-0.4, -0.2) is 28.8 Å². The van der Waals surface area contributed by atoms with E-state index in [1.165, 1.54) is 0 Å². The average Bonchev–Trinajstić information content (AvgIpc) is 2.21. The molecule has 0 aromatic heterocycles. The Morgan fingerprint density at radius 3 is 2.06 bits per heavy atom. The number of alkyl carbamates (subject to hydrolysis) is 1. The summed E-state index contributed by atoms with van der Waals surface area (Å²) in [6.45, 7) is 9.25. The second kappa shape index (κ2) is 7.24. The topological polar surface area (TPSA) is 75.6 Å². The van der Waals surface area contributed by atoms with E-state index in [1.54, 1.807) is 20.8 Å². The highest BCUT2D eigenvalue weighted by Crippen LogP contribution is 2.16. The molecule has 0 radical (unpaired) electrons. The molecule has 0 saturated heterocycles. The zero-order valence-corrected chi connectivity index (χ0v) is 11.9. The van der Waals surface area contributed by atoms with Crippen LogP contribution in [0.2, 0.25) is 0 Å². The number of aliphatic carboxylic acids is 1. The molecule has 0 unspecified atom stereocenters. The van der Waals surface area contributed by atoms with Crippen molar-refractivity contribution < 1.29 is 19.4 Å². The van der Waals surface area contributed by atoms with Gasteiger partial charge in [-0.15, -0.1) is 0 Å². The van der Waals surface area contributed by atoms with Gasteiger partial charge in [0, 0.05) is 0 Å². The molecule has 0 fully saturated rings. The molecule has 0 aliphatic rings. The molecule has 0 rings (SSSR count). The number of hydrogen-bond donors (Lipinski definition) is 2. The van der Waals surface area contributed by atoms with E-state index < -0.39 is 23.7 Å². The minimum absolute atomic E-state index is 0.293. The molecule has 5 heteroatoms. The third kappa shape index (κ3) is 7.14. The van der Waals surface area contributed by atoms with Crippen LogP contribution in [0.25, 0.3) is 0 Å². The van der Waals surface area contributed by atoms with Crippen molar-refractivity contribution in [3.63, 3.8) is 0 Å². The van der Waals surface area contributed by atoms with Crippen molar-refractivity contribution in [2.24, 2.45) is 5.92 Å². The third-order valence-corrected chi connectivity index (χ3v) is 2.71. The van der Waals surface area contributed by atoms with E-state index in [-0.39, 0.29) is 0 Å². The fourth-order valence-corrected chi connectivity index (χ4v) is 1.63. The van der Waals surface area contributed by atoms with Crippen LogP contribution in [0, 0.1) is 5.92 Å². The van der Waals surface area contributed by atoms with Gasteiger partial charge in [-0.05, 0) is 33.1 Å². The van der Waals surface area contributed by atoms with Gasteiger partial charge in [-0.1, -0.05) is 26.7 Å². The normalized spacial score (nSPS) is 13.2. The average molecular weight is 259 g/mol. The Labute approximate surface area is 109 Å². The van der Waals surface area contributed by atoms with Crippen LogP contribution in [0.4, 0.5) is 4.79 Å². The molecular formula is C13H25NO4. The van der Waals surface area contributed by atoms with Crippen LogP contribution in [0.3, 0.4) is 0 Å². The lowest BCUT2D eigenvalue weighted by molar-refractivity contribution is -0.140. The number of carboxylic acids is 1. The first-order valence-corrected chi connectivity index (χ1v) is 6.41. The molecule has 0 aromatic carbocycles. The Morgan fingerprint density at radius 2 is 1.72 bits per heavy atom. The Hall–Kier alpha value is -1.26. The van der Waals surface area contributed by atoms with E-state index in [4.69, 9.17) is 9.84 Å². The first-order valence-electron chi connectivity index (χ1n) is 6.41. The lowest BCUT2D eigenvalue weighted by atomic mass is 9.95. The summed E-state index contributed by atoms with van der Waals surface area (Å²) in [7, 11) is 0. The van der Waals surface area contributed by atoms with Crippen LogP contribution in [0.1, 0.15) is 53.9 Å². The van der Waals surface area contributed by atoms with Gasteiger partial charge in [0.05, 0.1) is 0 Å². The van der Waals surface area contributed by atoms with Crippen molar-refractivity contribution in [3.8, 4) is 0 Å². The van der Waals surface area contributed by atoms with Gasteiger partial charge in [-0.25, -0.2) is 9.59 Å². The molecule has 1 amide bonds. The standard InChI is InChI=1S/C13H25NO4/c1-6-9(7-2)8-10(11(15)16)14-12(17)18-13(3,4)5/h9-10H,6-8H2,1-5H3,(H,14,17)(H,15,16)/t10-/m0/s1. The molecule has 1 atom stereocenters. The summed E-state index contributed by atoms with van der Waals surface area (Å²) in [4.78, 5) is 22.6. The van der Waals surface area contributed by atoms with Crippen LogP contribution in [-0.2, 0) is 9.53 Å².